The van der Waals surface area contributed by atoms with Gasteiger partial charge in [-0.1, -0.05) is 38.3 Å². The predicted octanol–water partition coefficient (Wildman–Crippen LogP) is 2.62. The second kappa shape index (κ2) is 12.3. The Morgan fingerprint density at radius 1 is 1.24 bits per heavy atom. The highest BCUT2D eigenvalue weighted by Gasteiger charge is 2.06. The van der Waals surface area contributed by atoms with Gasteiger partial charge in [-0.2, -0.15) is 0 Å². The Kier molecular flexibility index (Phi) is 10.3. The molecule has 0 radical (unpaired) electrons. The van der Waals surface area contributed by atoms with Crippen LogP contribution in [-0.2, 0) is 11.2 Å². The van der Waals surface area contributed by atoms with Gasteiger partial charge in [0.05, 0.1) is 6.42 Å². The largest absolute Gasteiger partial charge is 0.355 e. The third-order valence-corrected chi connectivity index (χ3v) is 3.84. The first-order valence-electron chi connectivity index (χ1n) is 9.03. The second-order valence-electron chi connectivity index (χ2n) is 6.20. The zero-order valence-electron chi connectivity index (χ0n) is 15.6. The molecule has 0 heterocycles. The molecule has 1 unspecified atom stereocenters. The minimum atomic E-state index is -0.324. The van der Waals surface area contributed by atoms with Crippen molar-refractivity contribution in [3.63, 3.8) is 0 Å². The zero-order chi connectivity index (χ0) is 18.5. The molecule has 1 aromatic carbocycles. The molecular formula is C19H31FN4O. The maximum atomic E-state index is 13.1. The van der Waals surface area contributed by atoms with Crippen molar-refractivity contribution in [2.45, 2.75) is 52.0 Å². The van der Waals surface area contributed by atoms with Gasteiger partial charge in [0.15, 0.2) is 5.96 Å². The smallest absolute Gasteiger partial charge is 0.224 e. The molecule has 0 bridgehead atoms. The van der Waals surface area contributed by atoms with E-state index in [2.05, 4.69) is 34.8 Å². The van der Waals surface area contributed by atoms with Gasteiger partial charge in [0, 0.05) is 26.2 Å². The third-order valence-electron chi connectivity index (χ3n) is 3.84. The molecule has 6 heteroatoms. The number of nitrogens with zero attached hydrogens (tertiary/aromatic N) is 1. The van der Waals surface area contributed by atoms with E-state index in [1.807, 2.05) is 0 Å². The Bertz CT molecular complexity index is 548. The maximum Gasteiger partial charge on any atom is 0.224 e. The third kappa shape index (κ3) is 9.69. The van der Waals surface area contributed by atoms with Gasteiger partial charge in [0.1, 0.15) is 5.82 Å². The van der Waals surface area contributed by atoms with Gasteiger partial charge in [-0.05, 0) is 31.0 Å². The number of nitrogens with one attached hydrogen (secondary N) is 3. The lowest BCUT2D eigenvalue weighted by Crippen LogP contribution is -2.44. The molecule has 0 fully saturated rings. The number of guanidine groups is 1. The van der Waals surface area contributed by atoms with E-state index in [1.54, 1.807) is 19.2 Å². The molecule has 1 amide bonds. The van der Waals surface area contributed by atoms with Crippen LogP contribution in [0.3, 0.4) is 0 Å². The van der Waals surface area contributed by atoms with E-state index in [9.17, 15) is 9.18 Å². The number of hydrogen-bond acceptors (Lipinski definition) is 2. The quantitative estimate of drug-likeness (QED) is 0.345. The number of aliphatic imine (C=N–C) groups is 1. The lowest BCUT2D eigenvalue weighted by Gasteiger charge is -2.18. The van der Waals surface area contributed by atoms with E-state index in [0.717, 1.165) is 12.4 Å². The lowest BCUT2D eigenvalue weighted by atomic mass is 10.1. The highest BCUT2D eigenvalue weighted by Crippen LogP contribution is 2.04. The summed E-state index contributed by atoms with van der Waals surface area (Å²) < 4.78 is 13.1. The summed E-state index contributed by atoms with van der Waals surface area (Å²) in [5, 5.41) is 9.35. The van der Waals surface area contributed by atoms with Gasteiger partial charge in [0.25, 0.3) is 0 Å². The summed E-state index contributed by atoms with van der Waals surface area (Å²) in [6, 6.07) is 6.46. The average Bonchev–Trinajstić information content (AvgIpc) is 2.57. The van der Waals surface area contributed by atoms with Crippen LogP contribution in [0.25, 0.3) is 0 Å². The van der Waals surface area contributed by atoms with Crippen LogP contribution in [-0.4, -0.2) is 38.0 Å². The first-order valence-corrected chi connectivity index (χ1v) is 9.03. The summed E-state index contributed by atoms with van der Waals surface area (Å²) in [6.07, 6.45) is 4.96. The molecule has 140 valence electrons. The van der Waals surface area contributed by atoms with Gasteiger partial charge >= 0.3 is 0 Å². The van der Waals surface area contributed by atoms with E-state index in [-0.39, 0.29) is 18.1 Å². The Labute approximate surface area is 150 Å². The molecule has 1 atom stereocenters. The van der Waals surface area contributed by atoms with Crippen molar-refractivity contribution in [3.8, 4) is 0 Å². The normalized spacial score (nSPS) is 12.6. The maximum absolute atomic E-state index is 13.1. The van der Waals surface area contributed by atoms with Crippen molar-refractivity contribution >= 4 is 11.9 Å². The van der Waals surface area contributed by atoms with Gasteiger partial charge in [-0.25, -0.2) is 4.39 Å². The van der Waals surface area contributed by atoms with Crippen molar-refractivity contribution in [2.24, 2.45) is 4.99 Å². The minimum Gasteiger partial charge on any atom is -0.355 e. The number of halogens is 1. The van der Waals surface area contributed by atoms with Crippen molar-refractivity contribution in [3.05, 3.63) is 35.6 Å². The number of carbonyl (C=O) groups excluding carboxylic acids is 1. The monoisotopic (exact) mass is 350 g/mol. The molecular weight excluding hydrogens is 319 g/mol. The fraction of sp³-hybridized carbons (Fsp3) is 0.579. The summed E-state index contributed by atoms with van der Waals surface area (Å²) in [6.45, 7) is 5.40. The first kappa shape index (κ1) is 20.9. The van der Waals surface area contributed by atoms with Gasteiger partial charge in [-0.15, -0.1) is 0 Å². The molecule has 25 heavy (non-hydrogen) atoms. The number of benzene rings is 1. The molecule has 3 N–H and O–H groups in total. The van der Waals surface area contributed by atoms with Crippen LogP contribution in [0, 0.1) is 5.82 Å². The van der Waals surface area contributed by atoms with Crippen LogP contribution in [0.1, 0.15) is 45.1 Å². The van der Waals surface area contributed by atoms with Crippen LogP contribution >= 0.6 is 0 Å². The number of rotatable bonds is 10. The molecule has 0 saturated heterocycles. The van der Waals surface area contributed by atoms with E-state index in [0.29, 0.717) is 24.7 Å². The molecule has 0 aliphatic carbocycles. The highest BCUT2D eigenvalue weighted by molar-refractivity contribution is 5.80. The summed E-state index contributed by atoms with van der Waals surface area (Å²) in [4.78, 5) is 16.0. The molecule has 0 aromatic heterocycles. The fourth-order valence-electron chi connectivity index (χ4n) is 2.48. The molecule has 0 spiro atoms. The number of carbonyl (C=O) groups is 1. The summed E-state index contributed by atoms with van der Waals surface area (Å²) >= 11 is 0. The molecule has 0 aliphatic rings. The van der Waals surface area contributed by atoms with E-state index in [4.69, 9.17) is 0 Å². The van der Waals surface area contributed by atoms with Crippen molar-refractivity contribution in [1.29, 1.82) is 0 Å². The number of hydrogen-bond donors (Lipinski definition) is 3. The SMILES string of the molecule is CCCCCC(C)NC(=NC)NCCNC(=O)Cc1cccc(F)c1. The number of unbranched alkanes of at least 4 members (excludes halogenated alkanes) is 2. The second-order valence-corrected chi connectivity index (χ2v) is 6.20. The molecule has 0 saturated carbocycles. The van der Waals surface area contributed by atoms with E-state index < -0.39 is 0 Å². The molecule has 0 aliphatic heterocycles. The Balaban J connectivity index is 2.21. The van der Waals surface area contributed by atoms with Crippen LogP contribution < -0.4 is 16.0 Å². The summed E-state index contributed by atoms with van der Waals surface area (Å²) in [5.41, 5.74) is 0.670. The van der Waals surface area contributed by atoms with Crippen LogP contribution in [0.4, 0.5) is 4.39 Å². The van der Waals surface area contributed by atoms with Crippen molar-refractivity contribution < 1.29 is 9.18 Å². The average molecular weight is 350 g/mol. The Hall–Kier alpha value is -2.11. The number of amides is 1. The lowest BCUT2D eigenvalue weighted by molar-refractivity contribution is -0.120. The summed E-state index contributed by atoms with van der Waals surface area (Å²) in [5.74, 6) is 0.293. The minimum absolute atomic E-state index is 0.122. The Morgan fingerprint density at radius 2 is 2.00 bits per heavy atom. The molecule has 1 rings (SSSR count). The van der Waals surface area contributed by atoms with Crippen LogP contribution in [0.5, 0.6) is 0 Å². The fourth-order valence-corrected chi connectivity index (χ4v) is 2.48. The predicted molar refractivity (Wildman–Crippen MR) is 101 cm³/mol. The first-order chi connectivity index (χ1) is 12.0. The van der Waals surface area contributed by atoms with Gasteiger partial charge in [0.2, 0.25) is 5.91 Å². The molecule has 5 nitrogen and oxygen atoms in total. The summed E-state index contributed by atoms with van der Waals surface area (Å²) in [7, 11) is 1.73. The molecule has 1 aromatic rings. The van der Waals surface area contributed by atoms with Gasteiger partial charge < -0.3 is 16.0 Å². The topological polar surface area (TPSA) is 65.5 Å². The highest BCUT2D eigenvalue weighted by atomic mass is 19.1. The standard InChI is InChI=1S/C19H31FN4O/c1-4-5-6-8-15(2)24-19(21-3)23-12-11-22-18(25)14-16-9-7-10-17(20)13-16/h7,9-10,13,15H,4-6,8,11-12,14H2,1-3H3,(H,22,25)(H2,21,23,24). The van der Waals surface area contributed by atoms with Crippen LogP contribution in [0.15, 0.2) is 29.3 Å². The van der Waals surface area contributed by atoms with E-state index >= 15 is 0 Å². The zero-order valence-corrected chi connectivity index (χ0v) is 15.6. The Morgan fingerprint density at radius 3 is 2.68 bits per heavy atom. The van der Waals surface area contributed by atoms with Crippen LogP contribution in [0.2, 0.25) is 0 Å². The van der Waals surface area contributed by atoms with E-state index in [1.165, 1.54) is 31.4 Å². The van der Waals surface area contributed by atoms with Crippen molar-refractivity contribution in [1.82, 2.24) is 16.0 Å². The van der Waals surface area contributed by atoms with Crippen molar-refractivity contribution in [2.75, 3.05) is 20.1 Å². The van der Waals surface area contributed by atoms with Gasteiger partial charge in [-0.3, -0.25) is 9.79 Å².